The van der Waals surface area contributed by atoms with Gasteiger partial charge in [0.15, 0.2) is 0 Å². The van der Waals surface area contributed by atoms with E-state index in [9.17, 15) is 9.90 Å². The number of ether oxygens (including phenoxy) is 1. The maximum absolute atomic E-state index is 12.2. The first-order valence-electron chi connectivity index (χ1n) is 8.30. The quantitative estimate of drug-likeness (QED) is 0.856. The van der Waals surface area contributed by atoms with Gasteiger partial charge in [-0.05, 0) is 36.6 Å². The molecule has 5 nitrogen and oxygen atoms in total. The van der Waals surface area contributed by atoms with Crippen molar-refractivity contribution in [3.8, 4) is 0 Å². The van der Waals surface area contributed by atoms with Gasteiger partial charge in [0.25, 0.3) is 0 Å². The summed E-state index contributed by atoms with van der Waals surface area (Å²) in [5.74, 6) is -0.0150. The predicted octanol–water partition coefficient (Wildman–Crippen LogP) is 1.52. The molecule has 5 heteroatoms. The van der Waals surface area contributed by atoms with Crippen molar-refractivity contribution in [3.05, 3.63) is 35.9 Å². The Morgan fingerprint density at radius 3 is 2.65 bits per heavy atom. The van der Waals surface area contributed by atoms with Gasteiger partial charge in [-0.15, -0.1) is 0 Å². The summed E-state index contributed by atoms with van der Waals surface area (Å²) in [6, 6.07) is 8.21. The fraction of sp³-hybridized carbons (Fsp3) is 0.500. The Morgan fingerprint density at radius 2 is 1.96 bits per heavy atom. The molecule has 0 radical (unpaired) electrons. The number of aliphatic hydroxyl groups is 1. The molecular formula is C18H24N2O3. The second-order valence-electron chi connectivity index (χ2n) is 6.03. The summed E-state index contributed by atoms with van der Waals surface area (Å²) in [7, 11) is 0. The first kappa shape index (κ1) is 16.0. The monoisotopic (exact) mass is 316 g/mol. The number of carbonyl (C=O) groups excluding carboxylic acids is 1. The number of benzene rings is 1. The summed E-state index contributed by atoms with van der Waals surface area (Å²) in [6.45, 7) is 4.19. The van der Waals surface area contributed by atoms with E-state index in [2.05, 4.69) is 17.0 Å². The molecule has 1 aromatic rings. The lowest BCUT2D eigenvalue weighted by atomic mass is 10.1. The predicted molar refractivity (Wildman–Crippen MR) is 90.3 cm³/mol. The van der Waals surface area contributed by atoms with Crippen molar-refractivity contribution in [1.82, 2.24) is 4.90 Å². The largest absolute Gasteiger partial charge is 0.394 e. The molecule has 0 unspecified atom stereocenters. The van der Waals surface area contributed by atoms with Gasteiger partial charge in [0.05, 0.1) is 25.9 Å². The van der Waals surface area contributed by atoms with E-state index in [1.807, 2.05) is 18.2 Å². The second-order valence-corrected chi connectivity index (χ2v) is 6.03. The second kappa shape index (κ2) is 7.62. The van der Waals surface area contributed by atoms with Gasteiger partial charge in [-0.25, -0.2) is 0 Å². The van der Waals surface area contributed by atoms with Crippen LogP contribution in [0.5, 0.6) is 0 Å². The fourth-order valence-corrected chi connectivity index (χ4v) is 3.20. The highest BCUT2D eigenvalue weighted by molar-refractivity contribution is 5.92. The molecule has 2 aliphatic heterocycles. The molecular weight excluding hydrogens is 292 g/mol. The summed E-state index contributed by atoms with van der Waals surface area (Å²) in [5, 5.41) is 9.29. The number of anilines is 1. The summed E-state index contributed by atoms with van der Waals surface area (Å²) in [4.78, 5) is 16.3. The molecule has 0 aromatic heterocycles. The van der Waals surface area contributed by atoms with Gasteiger partial charge in [-0.3, -0.25) is 4.79 Å². The number of nitrogens with zero attached hydrogens (tertiary/aromatic N) is 2. The van der Waals surface area contributed by atoms with Crippen molar-refractivity contribution >= 4 is 17.7 Å². The highest BCUT2D eigenvalue weighted by Gasteiger charge is 2.26. The average molecular weight is 316 g/mol. The van der Waals surface area contributed by atoms with Gasteiger partial charge in [0.1, 0.15) is 0 Å². The van der Waals surface area contributed by atoms with Crippen molar-refractivity contribution in [2.24, 2.45) is 0 Å². The molecule has 1 N–H and O–H groups in total. The molecule has 0 spiro atoms. The van der Waals surface area contributed by atoms with Crippen molar-refractivity contribution < 1.29 is 14.6 Å². The molecule has 2 saturated heterocycles. The zero-order chi connectivity index (χ0) is 16.1. The fourth-order valence-electron chi connectivity index (χ4n) is 3.20. The van der Waals surface area contributed by atoms with E-state index in [1.54, 1.807) is 11.0 Å². The zero-order valence-corrected chi connectivity index (χ0v) is 13.4. The third-order valence-corrected chi connectivity index (χ3v) is 4.56. The van der Waals surface area contributed by atoms with Crippen LogP contribution in [0.25, 0.3) is 6.08 Å². The normalized spacial score (nSPS) is 22.0. The van der Waals surface area contributed by atoms with Crippen molar-refractivity contribution in [3.63, 3.8) is 0 Å². The van der Waals surface area contributed by atoms with Crippen LogP contribution in [0.4, 0.5) is 5.69 Å². The molecule has 1 atom stereocenters. The number of carbonyl (C=O) groups is 1. The molecule has 0 saturated carbocycles. The lowest BCUT2D eigenvalue weighted by Gasteiger charge is -2.28. The Labute approximate surface area is 137 Å². The van der Waals surface area contributed by atoms with Crippen molar-refractivity contribution in [2.75, 3.05) is 44.4 Å². The number of amides is 1. The first-order chi connectivity index (χ1) is 11.3. The topological polar surface area (TPSA) is 53.0 Å². The minimum atomic E-state index is -0.0177. The molecule has 1 aromatic carbocycles. The Balaban J connectivity index is 1.60. The van der Waals surface area contributed by atoms with Crippen LogP contribution in [-0.4, -0.2) is 61.4 Å². The smallest absolute Gasteiger partial charge is 0.246 e. The molecule has 1 amide bonds. The van der Waals surface area contributed by atoms with E-state index in [4.69, 9.17) is 4.74 Å². The van der Waals surface area contributed by atoms with E-state index in [-0.39, 0.29) is 18.6 Å². The summed E-state index contributed by atoms with van der Waals surface area (Å²) >= 11 is 0. The van der Waals surface area contributed by atoms with Crippen LogP contribution in [0.15, 0.2) is 30.3 Å². The molecule has 3 rings (SSSR count). The maximum Gasteiger partial charge on any atom is 0.246 e. The van der Waals surface area contributed by atoms with Gasteiger partial charge >= 0.3 is 0 Å². The van der Waals surface area contributed by atoms with Crippen LogP contribution in [0.1, 0.15) is 18.4 Å². The summed E-state index contributed by atoms with van der Waals surface area (Å²) < 4.78 is 5.36. The molecule has 23 heavy (non-hydrogen) atoms. The van der Waals surface area contributed by atoms with Crippen LogP contribution in [-0.2, 0) is 9.53 Å². The number of rotatable bonds is 4. The summed E-state index contributed by atoms with van der Waals surface area (Å²) in [6.07, 6.45) is 5.32. The molecule has 2 heterocycles. The van der Waals surface area contributed by atoms with Gasteiger partial charge < -0.3 is 19.6 Å². The van der Waals surface area contributed by atoms with E-state index in [0.717, 1.165) is 51.3 Å². The third kappa shape index (κ3) is 3.92. The van der Waals surface area contributed by atoms with Gasteiger partial charge in [0.2, 0.25) is 5.91 Å². The minimum absolute atomic E-state index is 0.0150. The number of morpholine rings is 1. The lowest BCUT2D eigenvalue weighted by molar-refractivity contribution is -0.127. The van der Waals surface area contributed by atoms with Crippen LogP contribution < -0.4 is 4.90 Å². The third-order valence-electron chi connectivity index (χ3n) is 4.56. The molecule has 2 fully saturated rings. The molecule has 0 aliphatic carbocycles. The molecule has 2 aliphatic rings. The highest BCUT2D eigenvalue weighted by Crippen LogP contribution is 2.19. The standard InChI is InChI=1S/C18H24N2O3/c21-14-17-2-1-9-20(17)18(22)8-5-15-3-6-16(7-4-15)19-10-12-23-13-11-19/h3-8,17,21H,1-2,9-14H2/b8-5+/t17-/m1/s1. The SMILES string of the molecule is O=C(/C=C/c1ccc(N2CCOCC2)cc1)N1CCC[C@@H]1CO. The Bertz CT molecular complexity index is 550. The van der Waals surface area contributed by atoms with Gasteiger partial charge in [-0.1, -0.05) is 12.1 Å². The lowest BCUT2D eigenvalue weighted by Crippen LogP contribution is -2.36. The Morgan fingerprint density at radius 1 is 1.22 bits per heavy atom. The molecule has 0 bridgehead atoms. The zero-order valence-electron chi connectivity index (χ0n) is 13.4. The van der Waals surface area contributed by atoms with Crippen molar-refractivity contribution in [2.45, 2.75) is 18.9 Å². The Hall–Kier alpha value is -1.85. The van der Waals surface area contributed by atoms with Gasteiger partial charge in [-0.2, -0.15) is 0 Å². The first-order valence-corrected chi connectivity index (χ1v) is 8.30. The van der Waals surface area contributed by atoms with Crippen LogP contribution in [0, 0.1) is 0 Å². The van der Waals surface area contributed by atoms with E-state index >= 15 is 0 Å². The average Bonchev–Trinajstić information content (AvgIpc) is 3.10. The van der Waals surface area contributed by atoms with Crippen LogP contribution in [0.2, 0.25) is 0 Å². The number of hydrogen-bond acceptors (Lipinski definition) is 4. The maximum atomic E-state index is 12.2. The van der Waals surface area contributed by atoms with E-state index < -0.39 is 0 Å². The summed E-state index contributed by atoms with van der Waals surface area (Å²) in [5.41, 5.74) is 2.20. The van der Waals surface area contributed by atoms with Crippen molar-refractivity contribution in [1.29, 1.82) is 0 Å². The van der Waals surface area contributed by atoms with Crippen LogP contribution >= 0.6 is 0 Å². The Kier molecular flexibility index (Phi) is 5.31. The number of aliphatic hydroxyl groups excluding tert-OH is 1. The number of hydrogen-bond donors (Lipinski definition) is 1. The molecule has 124 valence electrons. The minimum Gasteiger partial charge on any atom is -0.394 e. The van der Waals surface area contributed by atoms with Gasteiger partial charge in [0, 0.05) is 31.4 Å². The van der Waals surface area contributed by atoms with E-state index in [1.165, 1.54) is 5.69 Å². The highest BCUT2D eigenvalue weighted by atomic mass is 16.5. The van der Waals surface area contributed by atoms with Crippen LogP contribution in [0.3, 0.4) is 0 Å². The van der Waals surface area contributed by atoms with E-state index in [0.29, 0.717) is 0 Å². The number of likely N-dealkylation sites (tertiary alicyclic amines) is 1.